The van der Waals surface area contributed by atoms with Gasteiger partial charge in [0.25, 0.3) is 0 Å². The van der Waals surface area contributed by atoms with Crippen LogP contribution in [0.5, 0.6) is 0 Å². The molecule has 0 unspecified atom stereocenters. The molecule has 12 heavy (non-hydrogen) atoms. The van der Waals surface area contributed by atoms with E-state index in [2.05, 4.69) is 0 Å². The molecule has 0 bridgehead atoms. The summed E-state index contributed by atoms with van der Waals surface area (Å²) in [6.07, 6.45) is 0.149. The number of rotatable bonds is 1. The Labute approximate surface area is 75.4 Å². The zero-order valence-corrected chi connectivity index (χ0v) is 7.32. The summed E-state index contributed by atoms with van der Waals surface area (Å²) < 4.78 is 13.1. The fourth-order valence-corrected chi connectivity index (χ4v) is 1.19. The van der Waals surface area contributed by atoms with Crippen LogP contribution in [0.25, 0.3) is 0 Å². The van der Waals surface area contributed by atoms with Gasteiger partial charge >= 0.3 is 0 Å². The van der Waals surface area contributed by atoms with Crippen molar-refractivity contribution < 1.29 is 4.39 Å². The van der Waals surface area contributed by atoms with Crippen LogP contribution in [0.1, 0.15) is 11.1 Å². The van der Waals surface area contributed by atoms with Gasteiger partial charge in [-0.3, -0.25) is 0 Å². The van der Waals surface area contributed by atoms with Gasteiger partial charge in [-0.25, -0.2) is 4.39 Å². The van der Waals surface area contributed by atoms with Gasteiger partial charge in [0.15, 0.2) is 0 Å². The van der Waals surface area contributed by atoms with E-state index in [1.54, 1.807) is 19.1 Å². The third-order valence-electron chi connectivity index (χ3n) is 1.62. The Morgan fingerprint density at radius 1 is 1.58 bits per heavy atom. The number of nitriles is 1. The lowest BCUT2D eigenvalue weighted by atomic mass is 10.1. The molecular formula is C9H7ClFN. The highest BCUT2D eigenvalue weighted by Crippen LogP contribution is 2.22. The summed E-state index contributed by atoms with van der Waals surface area (Å²) in [4.78, 5) is 0. The first-order chi connectivity index (χ1) is 5.66. The maximum atomic E-state index is 13.1. The van der Waals surface area contributed by atoms with Crippen LogP contribution in [0.15, 0.2) is 12.1 Å². The zero-order chi connectivity index (χ0) is 9.14. The van der Waals surface area contributed by atoms with Crippen LogP contribution in [0.4, 0.5) is 4.39 Å². The van der Waals surface area contributed by atoms with Gasteiger partial charge < -0.3 is 0 Å². The van der Waals surface area contributed by atoms with Crippen LogP contribution in [0.3, 0.4) is 0 Å². The number of hydrogen-bond donors (Lipinski definition) is 0. The fourth-order valence-electron chi connectivity index (χ4n) is 0.908. The number of hydrogen-bond acceptors (Lipinski definition) is 1. The van der Waals surface area contributed by atoms with Crippen molar-refractivity contribution in [2.75, 3.05) is 0 Å². The Morgan fingerprint density at radius 3 is 2.83 bits per heavy atom. The first-order valence-electron chi connectivity index (χ1n) is 3.47. The number of benzene rings is 1. The van der Waals surface area contributed by atoms with Gasteiger partial charge in [0, 0.05) is 0 Å². The molecule has 0 radical (unpaired) electrons. The molecule has 3 heteroatoms. The molecule has 1 nitrogen and oxygen atoms in total. The largest absolute Gasteiger partial charge is 0.205 e. The molecule has 0 aromatic heterocycles. The van der Waals surface area contributed by atoms with Crippen molar-refractivity contribution in [1.82, 2.24) is 0 Å². The van der Waals surface area contributed by atoms with E-state index in [0.717, 1.165) is 0 Å². The minimum absolute atomic E-state index is 0.0663. The molecule has 0 N–H and O–H groups in total. The van der Waals surface area contributed by atoms with E-state index in [1.807, 2.05) is 6.07 Å². The number of halogens is 2. The molecule has 0 heterocycles. The molecule has 0 aliphatic rings. The summed E-state index contributed by atoms with van der Waals surface area (Å²) in [6.45, 7) is 1.64. The van der Waals surface area contributed by atoms with Crippen LogP contribution < -0.4 is 0 Å². The molecule has 0 fully saturated rings. The molecule has 0 aliphatic heterocycles. The van der Waals surface area contributed by atoms with Gasteiger partial charge in [-0.2, -0.15) is 5.26 Å². The van der Waals surface area contributed by atoms with Crippen molar-refractivity contribution in [3.8, 4) is 6.07 Å². The van der Waals surface area contributed by atoms with Crippen molar-refractivity contribution >= 4 is 11.6 Å². The minimum Gasteiger partial charge on any atom is -0.205 e. The summed E-state index contributed by atoms with van der Waals surface area (Å²) in [5, 5.41) is 8.44. The Balaban J connectivity index is 3.19. The maximum absolute atomic E-state index is 13.1. The molecule has 0 spiro atoms. The Morgan fingerprint density at radius 2 is 2.25 bits per heavy atom. The number of aryl methyl sites for hydroxylation is 1. The van der Waals surface area contributed by atoms with Crippen molar-refractivity contribution in [2.24, 2.45) is 0 Å². The van der Waals surface area contributed by atoms with Crippen LogP contribution in [0.2, 0.25) is 5.02 Å². The first kappa shape index (κ1) is 9.02. The zero-order valence-electron chi connectivity index (χ0n) is 6.56. The van der Waals surface area contributed by atoms with Crippen LogP contribution >= 0.6 is 11.6 Å². The highest BCUT2D eigenvalue weighted by molar-refractivity contribution is 6.31. The van der Waals surface area contributed by atoms with E-state index < -0.39 is 5.82 Å². The van der Waals surface area contributed by atoms with E-state index in [0.29, 0.717) is 11.1 Å². The van der Waals surface area contributed by atoms with Crippen LogP contribution in [-0.4, -0.2) is 0 Å². The highest BCUT2D eigenvalue weighted by atomic mass is 35.5. The summed E-state index contributed by atoms with van der Waals surface area (Å²) in [5.41, 5.74) is 1.05. The van der Waals surface area contributed by atoms with Crippen LogP contribution in [0, 0.1) is 24.1 Å². The highest BCUT2D eigenvalue weighted by Gasteiger charge is 2.07. The lowest BCUT2D eigenvalue weighted by Gasteiger charge is -2.02. The molecular weight excluding hydrogens is 177 g/mol. The maximum Gasteiger partial charge on any atom is 0.145 e. The molecule has 0 atom stereocenters. The van der Waals surface area contributed by atoms with Gasteiger partial charge in [0.1, 0.15) is 5.82 Å². The van der Waals surface area contributed by atoms with Crippen molar-refractivity contribution in [2.45, 2.75) is 13.3 Å². The molecule has 0 saturated heterocycles. The summed E-state index contributed by atoms with van der Waals surface area (Å²) in [6, 6.07) is 5.21. The summed E-state index contributed by atoms with van der Waals surface area (Å²) in [7, 11) is 0. The lowest BCUT2D eigenvalue weighted by molar-refractivity contribution is 0.617. The fraction of sp³-hybridized carbons (Fsp3) is 0.222. The predicted octanol–water partition coefficient (Wildman–Crippen LogP) is 2.85. The van der Waals surface area contributed by atoms with E-state index in [9.17, 15) is 4.39 Å². The molecule has 1 aromatic carbocycles. The second-order valence-corrected chi connectivity index (χ2v) is 2.88. The Kier molecular flexibility index (Phi) is 2.67. The third kappa shape index (κ3) is 1.57. The Hall–Kier alpha value is -1.07. The minimum atomic E-state index is -0.426. The third-order valence-corrected chi connectivity index (χ3v) is 2.03. The van der Waals surface area contributed by atoms with E-state index in [-0.39, 0.29) is 11.4 Å². The van der Waals surface area contributed by atoms with Crippen molar-refractivity contribution in [1.29, 1.82) is 5.26 Å². The van der Waals surface area contributed by atoms with Crippen molar-refractivity contribution in [3.63, 3.8) is 0 Å². The number of nitrogens with zero attached hydrogens (tertiary/aromatic N) is 1. The second kappa shape index (κ2) is 3.55. The molecule has 1 aromatic rings. The standard InChI is InChI=1S/C9H7ClFN/c1-6-2-3-7(4-5-12)8(10)9(6)11/h2-3H,4H2,1H3. The predicted molar refractivity (Wildman–Crippen MR) is 45.5 cm³/mol. The molecule has 0 amide bonds. The second-order valence-electron chi connectivity index (χ2n) is 2.50. The van der Waals surface area contributed by atoms with Crippen molar-refractivity contribution in [3.05, 3.63) is 34.1 Å². The normalized spacial score (nSPS) is 9.50. The van der Waals surface area contributed by atoms with Gasteiger partial charge in [0.05, 0.1) is 17.5 Å². The molecule has 0 aliphatic carbocycles. The van der Waals surface area contributed by atoms with Gasteiger partial charge in [-0.1, -0.05) is 23.7 Å². The summed E-state index contributed by atoms with van der Waals surface area (Å²) in [5.74, 6) is -0.426. The van der Waals surface area contributed by atoms with Gasteiger partial charge in [-0.15, -0.1) is 0 Å². The quantitative estimate of drug-likeness (QED) is 0.657. The first-order valence-corrected chi connectivity index (χ1v) is 3.85. The monoisotopic (exact) mass is 183 g/mol. The molecule has 0 saturated carbocycles. The van der Waals surface area contributed by atoms with E-state index >= 15 is 0 Å². The van der Waals surface area contributed by atoms with E-state index in [1.165, 1.54) is 0 Å². The Bertz CT molecular complexity index is 341. The SMILES string of the molecule is Cc1ccc(CC#N)c(Cl)c1F. The van der Waals surface area contributed by atoms with Gasteiger partial charge in [-0.05, 0) is 18.1 Å². The van der Waals surface area contributed by atoms with Crippen LogP contribution in [-0.2, 0) is 6.42 Å². The molecule has 1 rings (SSSR count). The topological polar surface area (TPSA) is 23.8 Å². The van der Waals surface area contributed by atoms with E-state index in [4.69, 9.17) is 16.9 Å². The summed E-state index contributed by atoms with van der Waals surface area (Å²) >= 11 is 5.65. The van der Waals surface area contributed by atoms with Gasteiger partial charge in [0.2, 0.25) is 0 Å². The lowest BCUT2D eigenvalue weighted by Crippen LogP contribution is -1.90. The smallest absolute Gasteiger partial charge is 0.145 e. The molecule has 62 valence electrons. The average molecular weight is 184 g/mol. The average Bonchev–Trinajstić information content (AvgIpc) is 2.07.